The molecule has 1 amide bonds. The molecule has 22 heavy (non-hydrogen) atoms. The minimum absolute atomic E-state index is 0.188. The molecule has 3 rings (SSSR count). The zero-order valence-electron chi connectivity index (χ0n) is 12.7. The fraction of sp³-hybridized carbons (Fsp3) is 0.500. The van der Waals surface area contributed by atoms with Gasteiger partial charge >= 0.3 is 0 Å². The molecular formula is C16H20N4O2. The van der Waals surface area contributed by atoms with Crippen molar-refractivity contribution in [3.05, 3.63) is 41.8 Å². The van der Waals surface area contributed by atoms with Crippen LogP contribution in [0, 0.1) is 6.92 Å². The van der Waals surface area contributed by atoms with Crippen LogP contribution in [-0.2, 0) is 11.2 Å². The van der Waals surface area contributed by atoms with Crippen LogP contribution in [0.4, 0.5) is 0 Å². The zero-order valence-corrected chi connectivity index (χ0v) is 12.7. The molecule has 6 nitrogen and oxygen atoms in total. The lowest BCUT2D eigenvalue weighted by Crippen LogP contribution is -2.39. The quantitative estimate of drug-likeness (QED) is 0.864. The summed E-state index contributed by atoms with van der Waals surface area (Å²) in [6, 6.07) is 3.90. The Balaban J connectivity index is 1.56. The summed E-state index contributed by atoms with van der Waals surface area (Å²) in [5, 5.41) is 3.99. The average Bonchev–Trinajstić information content (AvgIpc) is 3.00. The van der Waals surface area contributed by atoms with E-state index in [1.165, 1.54) is 0 Å². The first-order valence-electron chi connectivity index (χ1n) is 7.69. The topological polar surface area (TPSA) is 72.1 Å². The van der Waals surface area contributed by atoms with Gasteiger partial charge in [0, 0.05) is 44.7 Å². The van der Waals surface area contributed by atoms with Gasteiger partial charge in [0.1, 0.15) is 0 Å². The van der Waals surface area contributed by atoms with E-state index >= 15 is 0 Å². The standard InChI is InChI=1S/C16H20N4O2/c1-12-18-16(19-22-12)14-5-3-9-20(11-14)15(21)7-6-13-4-2-8-17-10-13/h2,4,8,10,14H,3,5-7,9,11H2,1H3/t14-/m0/s1. The van der Waals surface area contributed by atoms with E-state index in [4.69, 9.17) is 4.52 Å². The van der Waals surface area contributed by atoms with Crippen molar-refractivity contribution in [3.63, 3.8) is 0 Å². The van der Waals surface area contributed by atoms with E-state index in [9.17, 15) is 4.79 Å². The van der Waals surface area contributed by atoms with Gasteiger partial charge in [-0.05, 0) is 30.9 Å². The molecule has 1 fully saturated rings. The molecule has 3 heterocycles. The fourth-order valence-electron chi connectivity index (χ4n) is 2.85. The van der Waals surface area contributed by atoms with E-state index in [1.807, 2.05) is 23.2 Å². The SMILES string of the molecule is Cc1nc([C@H]2CCCN(C(=O)CCc3cccnc3)C2)no1. The highest BCUT2D eigenvalue weighted by Gasteiger charge is 2.27. The molecule has 0 radical (unpaired) electrons. The van der Waals surface area contributed by atoms with Crippen LogP contribution >= 0.6 is 0 Å². The Labute approximate surface area is 129 Å². The number of piperidine rings is 1. The van der Waals surface area contributed by atoms with Crippen molar-refractivity contribution < 1.29 is 9.32 Å². The van der Waals surface area contributed by atoms with Crippen LogP contribution in [0.1, 0.15) is 42.5 Å². The van der Waals surface area contributed by atoms with Crippen LogP contribution in [0.25, 0.3) is 0 Å². The largest absolute Gasteiger partial charge is 0.342 e. The molecule has 0 spiro atoms. The first-order valence-corrected chi connectivity index (χ1v) is 7.69. The maximum atomic E-state index is 12.4. The third kappa shape index (κ3) is 3.50. The summed E-state index contributed by atoms with van der Waals surface area (Å²) in [5.41, 5.74) is 1.10. The van der Waals surface area contributed by atoms with Crippen molar-refractivity contribution in [2.75, 3.05) is 13.1 Å². The molecule has 116 valence electrons. The van der Waals surface area contributed by atoms with Crippen LogP contribution < -0.4 is 0 Å². The first kappa shape index (κ1) is 14.7. The minimum Gasteiger partial charge on any atom is -0.342 e. The molecular weight excluding hydrogens is 280 g/mol. The van der Waals surface area contributed by atoms with E-state index in [1.54, 1.807) is 13.1 Å². The number of hydrogen-bond donors (Lipinski definition) is 0. The molecule has 2 aromatic heterocycles. The van der Waals surface area contributed by atoms with Crippen molar-refractivity contribution in [2.45, 2.75) is 38.5 Å². The van der Waals surface area contributed by atoms with E-state index in [0.29, 0.717) is 18.9 Å². The highest BCUT2D eigenvalue weighted by molar-refractivity contribution is 5.76. The number of aryl methyl sites for hydroxylation is 2. The molecule has 1 aliphatic rings. The third-order valence-corrected chi connectivity index (χ3v) is 4.03. The number of aromatic nitrogens is 3. The predicted octanol–water partition coefficient (Wildman–Crippen LogP) is 2.11. The maximum absolute atomic E-state index is 12.4. The first-order chi connectivity index (χ1) is 10.7. The normalized spacial score (nSPS) is 18.4. The number of amides is 1. The molecule has 0 aliphatic carbocycles. The van der Waals surface area contributed by atoms with Crippen molar-refractivity contribution in [1.29, 1.82) is 0 Å². The molecule has 1 aliphatic heterocycles. The van der Waals surface area contributed by atoms with E-state index < -0.39 is 0 Å². The van der Waals surface area contributed by atoms with Crippen LogP contribution in [0.3, 0.4) is 0 Å². The van der Waals surface area contributed by atoms with Crippen molar-refractivity contribution in [3.8, 4) is 0 Å². The fourth-order valence-corrected chi connectivity index (χ4v) is 2.85. The molecule has 1 saturated heterocycles. The molecule has 0 unspecified atom stereocenters. The van der Waals surface area contributed by atoms with Gasteiger partial charge in [0.2, 0.25) is 11.8 Å². The van der Waals surface area contributed by atoms with Crippen LogP contribution in [-0.4, -0.2) is 39.0 Å². The number of nitrogens with zero attached hydrogens (tertiary/aromatic N) is 4. The lowest BCUT2D eigenvalue weighted by molar-refractivity contribution is -0.132. The van der Waals surface area contributed by atoms with Gasteiger partial charge in [-0.3, -0.25) is 9.78 Å². The second-order valence-corrected chi connectivity index (χ2v) is 5.71. The smallest absolute Gasteiger partial charge is 0.223 e. The van der Waals surface area contributed by atoms with Crippen molar-refractivity contribution >= 4 is 5.91 Å². The van der Waals surface area contributed by atoms with Gasteiger partial charge in [-0.1, -0.05) is 11.2 Å². The molecule has 6 heteroatoms. The summed E-state index contributed by atoms with van der Waals surface area (Å²) < 4.78 is 5.05. The highest BCUT2D eigenvalue weighted by atomic mass is 16.5. The molecule has 0 saturated carbocycles. The predicted molar refractivity (Wildman–Crippen MR) is 80.1 cm³/mol. The summed E-state index contributed by atoms with van der Waals surface area (Å²) in [5.74, 6) is 1.68. The Morgan fingerprint density at radius 1 is 1.50 bits per heavy atom. The van der Waals surface area contributed by atoms with Crippen molar-refractivity contribution in [2.24, 2.45) is 0 Å². The number of likely N-dealkylation sites (tertiary alicyclic amines) is 1. The van der Waals surface area contributed by atoms with Gasteiger partial charge in [0.15, 0.2) is 5.82 Å². The molecule has 1 atom stereocenters. The zero-order chi connectivity index (χ0) is 15.4. The number of carbonyl (C=O) groups is 1. The number of hydrogen-bond acceptors (Lipinski definition) is 5. The summed E-state index contributed by atoms with van der Waals surface area (Å²) in [6.07, 6.45) is 6.79. The molecule has 0 N–H and O–H groups in total. The van der Waals surface area contributed by atoms with Gasteiger partial charge in [-0.15, -0.1) is 0 Å². The lowest BCUT2D eigenvalue weighted by Gasteiger charge is -2.31. The molecule has 2 aromatic rings. The maximum Gasteiger partial charge on any atom is 0.223 e. The van der Waals surface area contributed by atoms with Gasteiger partial charge in [-0.2, -0.15) is 4.98 Å². The third-order valence-electron chi connectivity index (χ3n) is 4.03. The average molecular weight is 300 g/mol. The van der Waals surface area contributed by atoms with Crippen LogP contribution in [0.15, 0.2) is 29.0 Å². The van der Waals surface area contributed by atoms with Crippen LogP contribution in [0.2, 0.25) is 0 Å². The van der Waals surface area contributed by atoms with E-state index in [0.717, 1.165) is 37.2 Å². The molecule has 0 bridgehead atoms. The Bertz CT molecular complexity index is 626. The summed E-state index contributed by atoms with van der Waals surface area (Å²) in [6.45, 7) is 3.29. The van der Waals surface area contributed by atoms with Gasteiger partial charge < -0.3 is 9.42 Å². The Kier molecular flexibility index (Phi) is 4.46. The number of pyridine rings is 1. The Hall–Kier alpha value is -2.24. The second-order valence-electron chi connectivity index (χ2n) is 5.71. The molecule has 0 aromatic carbocycles. The monoisotopic (exact) mass is 300 g/mol. The highest BCUT2D eigenvalue weighted by Crippen LogP contribution is 2.25. The number of carbonyl (C=O) groups excluding carboxylic acids is 1. The lowest BCUT2D eigenvalue weighted by atomic mass is 9.97. The van der Waals surface area contributed by atoms with Gasteiger partial charge in [0.25, 0.3) is 0 Å². The van der Waals surface area contributed by atoms with Gasteiger partial charge in [0.05, 0.1) is 0 Å². The Morgan fingerprint density at radius 2 is 2.41 bits per heavy atom. The van der Waals surface area contributed by atoms with E-state index in [2.05, 4.69) is 15.1 Å². The Morgan fingerprint density at radius 3 is 3.14 bits per heavy atom. The van der Waals surface area contributed by atoms with Crippen molar-refractivity contribution in [1.82, 2.24) is 20.0 Å². The summed E-state index contributed by atoms with van der Waals surface area (Å²) in [4.78, 5) is 22.7. The van der Waals surface area contributed by atoms with Gasteiger partial charge in [-0.25, -0.2) is 0 Å². The summed E-state index contributed by atoms with van der Waals surface area (Å²) in [7, 11) is 0. The summed E-state index contributed by atoms with van der Waals surface area (Å²) >= 11 is 0. The minimum atomic E-state index is 0.188. The number of rotatable bonds is 4. The van der Waals surface area contributed by atoms with E-state index in [-0.39, 0.29) is 11.8 Å². The van der Waals surface area contributed by atoms with Crippen LogP contribution in [0.5, 0.6) is 0 Å². The second kappa shape index (κ2) is 6.68.